The molecule has 0 atom stereocenters. The first kappa shape index (κ1) is 26.2. The van der Waals surface area contributed by atoms with Gasteiger partial charge in [-0.1, -0.05) is 290 Å². The highest BCUT2D eigenvalue weighted by Crippen LogP contribution is 2.45. The van der Waals surface area contributed by atoms with Gasteiger partial charge in [-0.15, -0.1) is 0 Å². The number of fused-ring (bicyclic) bond motifs is 11. The molecule has 0 bridgehead atoms. The van der Waals surface area contributed by atoms with Crippen LogP contribution in [0.2, 0.25) is 0 Å². The predicted octanol–water partition coefficient (Wildman–Crippen LogP) is 23.2. The lowest BCUT2D eigenvalue weighted by Gasteiger charge is -2.18. The van der Waals surface area contributed by atoms with Crippen LogP contribution in [-0.4, -0.2) is 0 Å². The van der Waals surface area contributed by atoms with E-state index in [1.165, 1.54) is 0 Å². The minimum Gasteiger partial charge on any atom is -0.455 e. The Bertz CT molecular complexity index is 7330. The summed E-state index contributed by atoms with van der Waals surface area (Å²) < 4.78 is 308. The van der Waals surface area contributed by atoms with Crippen molar-refractivity contribution in [2.75, 3.05) is 0 Å². The van der Waals surface area contributed by atoms with Crippen LogP contribution in [-0.2, 0) is 12.8 Å². The maximum Gasteiger partial charge on any atom is 0.143 e. The molecule has 0 N–H and O–H groups in total. The Morgan fingerprint density at radius 1 is 0.271 bits per heavy atom. The lowest BCUT2D eigenvalue weighted by molar-refractivity contribution is 0.672. The molecule has 0 aliphatic heterocycles. The molecule has 85 heavy (non-hydrogen) atoms. The molecule has 1 heteroatoms. The molecule has 0 unspecified atom stereocenters. The van der Waals surface area contributed by atoms with Gasteiger partial charge >= 0.3 is 0 Å². The van der Waals surface area contributed by atoms with E-state index >= 15 is 0 Å². The molecule has 0 radical (unpaired) electrons. The second-order valence-electron chi connectivity index (χ2n) is 19.9. The van der Waals surface area contributed by atoms with Crippen LogP contribution in [0.1, 0.15) is 68.9 Å². The molecule has 0 spiro atoms. The Morgan fingerprint density at radius 3 is 1.46 bits per heavy atom. The van der Waals surface area contributed by atoms with E-state index in [2.05, 4.69) is 0 Å². The molecule has 16 aromatic carbocycles. The molecule has 1 nitrogen and oxygen atoms in total. The molecule has 17 aromatic rings. The van der Waals surface area contributed by atoms with Gasteiger partial charge in [0.2, 0.25) is 0 Å². The zero-order valence-electron chi connectivity index (χ0n) is 78.2. The van der Waals surface area contributed by atoms with Gasteiger partial charge in [0.05, 0.1) is 46.6 Å². The fraction of sp³-hybridized carbons (Fsp3) is 0.0238. The van der Waals surface area contributed by atoms with Crippen molar-refractivity contribution in [3.05, 3.63) is 337 Å². The van der Waals surface area contributed by atoms with E-state index in [1.54, 1.807) is 0 Å². The van der Waals surface area contributed by atoms with Crippen molar-refractivity contribution < 1.29 is 51.0 Å². The first-order valence-electron chi connectivity index (χ1n) is 43.8. The summed E-state index contributed by atoms with van der Waals surface area (Å²) in [6.07, 6.45) is -0.717. The third-order valence-corrected chi connectivity index (χ3v) is 15.2. The molecule has 398 valence electrons. The van der Waals surface area contributed by atoms with Crippen LogP contribution >= 0.6 is 0 Å². The van der Waals surface area contributed by atoms with E-state index in [9.17, 15) is 16.4 Å². The maximum atomic E-state index is 9.42. The van der Waals surface area contributed by atoms with E-state index in [0.29, 0.717) is 22.3 Å². The molecule has 1 heterocycles. The lowest BCUT2D eigenvalue weighted by atomic mass is 9.85. The van der Waals surface area contributed by atoms with Crippen molar-refractivity contribution in [3.8, 4) is 44.5 Å². The normalized spacial score (nSPS) is 17.2. The zero-order chi connectivity index (χ0) is 85.8. The number of furan rings is 1. The van der Waals surface area contributed by atoms with Gasteiger partial charge < -0.3 is 4.42 Å². The van der Waals surface area contributed by atoms with E-state index in [4.69, 9.17) is 34.6 Å². The molecule has 0 aliphatic carbocycles. The van der Waals surface area contributed by atoms with Gasteiger partial charge in [0, 0.05) is 16.2 Å². The number of hydrogen-bond donors (Lipinski definition) is 0. The van der Waals surface area contributed by atoms with Gasteiger partial charge in [0.25, 0.3) is 0 Å². The monoisotopic (exact) mass is 1110 g/mol. The van der Waals surface area contributed by atoms with Crippen LogP contribution in [0.25, 0.3) is 142 Å². The Kier molecular flexibility index (Phi) is 6.51. The van der Waals surface area contributed by atoms with Crippen LogP contribution in [0, 0.1) is 0 Å². The van der Waals surface area contributed by atoms with Crippen molar-refractivity contribution in [2.24, 2.45) is 0 Å². The molecule has 0 saturated heterocycles. The highest BCUT2D eigenvalue weighted by molar-refractivity contribution is 6.19. The van der Waals surface area contributed by atoms with Gasteiger partial charge in [-0.25, -0.2) is 0 Å². The van der Waals surface area contributed by atoms with Crippen molar-refractivity contribution in [2.45, 2.75) is 12.8 Å². The number of hydrogen-bond acceptors (Lipinski definition) is 1. The average Bonchev–Trinajstić information content (AvgIpc) is 0.758. The van der Waals surface area contributed by atoms with E-state index < -0.39 is 259 Å². The minimum absolute atomic E-state index is 0.111. The van der Waals surface area contributed by atoms with E-state index in [0.717, 1.165) is 43.8 Å². The highest BCUT2D eigenvalue weighted by atomic mass is 16.3. The van der Waals surface area contributed by atoms with Gasteiger partial charge in [0.15, 0.2) is 0 Å². The standard InChI is InChI=1S/C43H28O.C41H28/c1-2-12-28(13-3-1)30-15-10-16-31(26-30)41-36-21-8-6-19-34(36)39(35-20-7-9-22-37(35)41)27-32-17-11-23-40-42(32)38-25-24-29-14-4-5-18-33(29)43(38)44-40;1-2-12-32-26-33(25-22-28(32)10-1)29-20-23-31(24-21-29)41-38-18-7-5-16-36(38)40(37-17-6-8-19-39(37)41)27-34-14-9-13-30-11-3-4-15-35(30)34/h1-26H,27H2;1-26H,27H2/i6D,7D,8D,9D,19D,20D,21D,22D;1D,2D,3D,4D,5D,6D,7D,8D,9D,10D,11D,12D,13D,14D,15D,16D,17D,18D,19D,20D,21D,22D,23D,24D,25D,26D. The summed E-state index contributed by atoms with van der Waals surface area (Å²) in [6, 6.07) is 9.94. The van der Waals surface area contributed by atoms with E-state index in [1.807, 2.05) is 109 Å². The Hall–Kier alpha value is -10.9. The first-order valence-corrected chi connectivity index (χ1v) is 26.8. The van der Waals surface area contributed by atoms with Crippen LogP contribution in [0.15, 0.2) is 319 Å². The van der Waals surface area contributed by atoms with Gasteiger partial charge in [-0.3, -0.25) is 0 Å². The smallest absolute Gasteiger partial charge is 0.143 e. The predicted molar refractivity (Wildman–Crippen MR) is 363 cm³/mol. The summed E-state index contributed by atoms with van der Waals surface area (Å²) >= 11 is 0. The molecular weight excluding hydrogens is 1020 g/mol. The summed E-state index contributed by atoms with van der Waals surface area (Å²) in [7, 11) is 0. The topological polar surface area (TPSA) is 13.1 Å². The van der Waals surface area contributed by atoms with Crippen molar-refractivity contribution in [3.63, 3.8) is 0 Å². The summed E-state index contributed by atoms with van der Waals surface area (Å²) in [6.45, 7) is 0. The SMILES string of the molecule is [2H]c1c([2H])c(-c2c3c([2H])c([2H])c([2H])c([2H])c3c(Cc3c([2H])c([2H])c([2H])c4c([2H])c([2H])c([2H])c([2H])c34)c3c([2H])c([2H])c([2H])c([2H])c23)c([2H])c([2H])c1-c1c([2H])c([2H])c2c([2H])c([2H])c([2H])c([2H])c2c1[2H].[2H]c1c([2H])c([2H])c2c(-c3cccc(-c4ccccc4)c3)c3c([2H])c([2H])c([2H])c([2H])c3c(Cc3cccc4oc5c6ccccc6ccc5c34)c2c1[2H]. The molecule has 0 amide bonds. The third-order valence-electron chi connectivity index (χ3n) is 15.2. The highest BCUT2D eigenvalue weighted by Gasteiger charge is 2.21. The van der Waals surface area contributed by atoms with Crippen LogP contribution in [0.4, 0.5) is 0 Å². The van der Waals surface area contributed by atoms with Crippen LogP contribution in [0.5, 0.6) is 0 Å². The van der Waals surface area contributed by atoms with E-state index in [-0.39, 0.29) is 57.7 Å². The molecule has 1 aromatic heterocycles. The fourth-order valence-electron chi connectivity index (χ4n) is 11.4. The minimum atomic E-state index is -1.04. The Balaban J connectivity index is 0.000000183. The van der Waals surface area contributed by atoms with Crippen LogP contribution < -0.4 is 0 Å². The Labute approximate surface area is 541 Å². The molecular formula is C84H56O. The molecule has 0 saturated carbocycles. The second kappa shape index (κ2) is 21.2. The summed E-state index contributed by atoms with van der Waals surface area (Å²) in [5.41, 5.74) is 1.53. The third kappa shape index (κ3) is 8.88. The molecule has 0 aliphatic rings. The maximum absolute atomic E-state index is 9.42. The summed E-state index contributed by atoms with van der Waals surface area (Å²) in [4.78, 5) is 0. The van der Waals surface area contributed by atoms with Crippen LogP contribution in [0.3, 0.4) is 0 Å². The summed E-state index contributed by atoms with van der Waals surface area (Å²) in [5, 5.41) is 0.272. The summed E-state index contributed by atoms with van der Waals surface area (Å²) in [5.74, 6) is 0. The van der Waals surface area contributed by atoms with Gasteiger partial charge in [-0.2, -0.15) is 0 Å². The Morgan fingerprint density at radius 2 is 0.776 bits per heavy atom. The van der Waals surface area contributed by atoms with Crippen molar-refractivity contribution >= 4 is 97.3 Å². The first-order chi connectivity index (χ1) is 56.3. The zero-order valence-corrected chi connectivity index (χ0v) is 44.2. The molecule has 0 fully saturated rings. The van der Waals surface area contributed by atoms with Gasteiger partial charge in [0.1, 0.15) is 11.2 Å². The number of rotatable bonds is 8. The number of benzene rings is 16. The lowest BCUT2D eigenvalue weighted by Crippen LogP contribution is -1.96. The fourth-order valence-corrected chi connectivity index (χ4v) is 11.4. The molecule has 17 rings (SSSR count). The van der Waals surface area contributed by atoms with Crippen molar-refractivity contribution in [1.82, 2.24) is 0 Å². The quantitative estimate of drug-likeness (QED) is 0.138. The van der Waals surface area contributed by atoms with Gasteiger partial charge in [-0.05, 0) is 174 Å². The average molecular weight is 1120 g/mol. The van der Waals surface area contributed by atoms with Crippen molar-refractivity contribution in [1.29, 1.82) is 0 Å². The largest absolute Gasteiger partial charge is 0.455 e. The second-order valence-corrected chi connectivity index (χ2v) is 19.9.